The molecule has 0 radical (unpaired) electrons. The molecule has 146 valence electrons. The van der Waals surface area contributed by atoms with Crippen molar-refractivity contribution in [1.82, 2.24) is 10.6 Å². The van der Waals surface area contributed by atoms with Gasteiger partial charge in [0.25, 0.3) is 0 Å². The molecule has 0 aliphatic carbocycles. The molecule has 6 heteroatoms. The quantitative estimate of drug-likeness (QED) is 0.273. The average Bonchev–Trinajstić information content (AvgIpc) is 2.64. The van der Waals surface area contributed by atoms with E-state index in [1.807, 2.05) is 6.92 Å². The fourth-order valence-corrected chi connectivity index (χ4v) is 2.35. The Morgan fingerprint density at radius 2 is 2.00 bits per heavy atom. The van der Waals surface area contributed by atoms with Crippen molar-refractivity contribution >= 4 is 11.9 Å². The van der Waals surface area contributed by atoms with E-state index in [0.29, 0.717) is 19.6 Å². The summed E-state index contributed by atoms with van der Waals surface area (Å²) in [5.41, 5.74) is 2.26. The molecule has 1 aromatic rings. The Morgan fingerprint density at radius 3 is 2.69 bits per heavy atom. The fraction of sp³-hybridized carbons (Fsp3) is 0.600. The third kappa shape index (κ3) is 8.74. The summed E-state index contributed by atoms with van der Waals surface area (Å²) in [5, 5.41) is 6.55. The van der Waals surface area contributed by atoms with Gasteiger partial charge in [-0.1, -0.05) is 19.1 Å². The second kappa shape index (κ2) is 13.0. The van der Waals surface area contributed by atoms with Crippen molar-refractivity contribution in [3.63, 3.8) is 0 Å². The third-order valence-corrected chi connectivity index (χ3v) is 3.76. The molecule has 0 spiro atoms. The molecule has 0 fully saturated rings. The van der Waals surface area contributed by atoms with Crippen LogP contribution in [0.1, 0.15) is 50.7 Å². The lowest BCUT2D eigenvalue weighted by Gasteiger charge is -2.13. The highest BCUT2D eigenvalue weighted by molar-refractivity contribution is 5.79. The van der Waals surface area contributed by atoms with E-state index in [2.05, 4.69) is 52.4 Å². The summed E-state index contributed by atoms with van der Waals surface area (Å²) in [6.45, 7) is 9.01. The van der Waals surface area contributed by atoms with Crippen LogP contribution in [0.3, 0.4) is 0 Å². The van der Waals surface area contributed by atoms with Crippen molar-refractivity contribution < 1.29 is 14.3 Å². The van der Waals surface area contributed by atoms with E-state index in [0.717, 1.165) is 49.6 Å². The second-order valence-electron chi connectivity index (χ2n) is 6.11. The first-order chi connectivity index (χ1) is 12.6. The van der Waals surface area contributed by atoms with Crippen LogP contribution in [0.15, 0.2) is 23.2 Å². The summed E-state index contributed by atoms with van der Waals surface area (Å²) >= 11 is 0. The number of nitrogens with one attached hydrogen (secondary N) is 2. The predicted octanol–water partition coefficient (Wildman–Crippen LogP) is 3.18. The molecule has 1 aromatic carbocycles. The number of hydrogen-bond acceptors (Lipinski definition) is 4. The molecule has 0 heterocycles. The van der Waals surface area contributed by atoms with E-state index < -0.39 is 0 Å². The Labute approximate surface area is 157 Å². The van der Waals surface area contributed by atoms with Crippen LogP contribution in [-0.2, 0) is 16.1 Å². The van der Waals surface area contributed by atoms with E-state index in [-0.39, 0.29) is 5.97 Å². The normalized spacial score (nSPS) is 11.2. The molecule has 0 unspecified atom stereocenters. The Bertz CT molecular complexity index is 573. The van der Waals surface area contributed by atoms with Gasteiger partial charge in [-0.2, -0.15) is 0 Å². The number of methoxy groups -OCH3 is 1. The highest BCUT2D eigenvalue weighted by Gasteiger charge is 2.05. The van der Waals surface area contributed by atoms with Crippen LogP contribution in [0.4, 0.5) is 0 Å². The van der Waals surface area contributed by atoms with Gasteiger partial charge in [0.05, 0.1) is 20.3 Å². The molecule has 2 N–H and O–H groups in total. The van der Waals surface area contributed by atoms with Gasteiger partial charge in [0.2, 0.25) is 0 Å². The van der Waals surface area contributed by atoms with Crippen LogP contribution in [0.5, 0.6) is 5.75 Å². The molecule has 0 bridgehead atoms. The Morgan fingerprint density at radius 1 is 1.19 bits per heavy atom. The molecular weight excluding hydrogens is 330 g/mol. The van der Waals surface area contributed by atoms with Gasteiger partial charge < -0.3 is 20.1 Å². The molecule has 0 aliphatic rings. The molecule has 26 heavy (non-hydrogen) atoms. The number of guanidine groups is 1. The van der Waals surface area contributed by atoms with Gasteiger partial charge in [0.15, 0.2) is 5.96 Å². The summed E-state index contributed by atoms with van der Waals surface area (Å²) in [4.78, 5) is 15.8. The van der Waals surface area contributed by atoms with E-state index in [9.17, 15) is 4.79 Å². The van der Waals surface area contributed by atoms with Crippen LogP contribution in [-0.4, -0.2) is 38.7 Å². The van der Waals surface area contributed by atoms with Gasteiger partial charge in [0.1, 0.15) is 5.75 Å². The van der Waals surface area contributed by atoms with Crippen molar-refractivity contribution in [2.45, 2.75) is 53.0 Å². The average molecular weight is 364 g/mol. The number of aryl methyl sites for hydroxylation is 1. The first kappa shape index (κ1) is 21.8. The van der Waals surface area contributed by atoms with Crippen LogP contribution in [0.2, 0.25) is 0 Å². The Kier molecular flexibility index (Phi) is 10.9. The standard InChI is InChI=1S/C20H33N3O3/c1-5-13-26-18-14-16(3)10-11-17(18)15-23-20(21-6-2)22-12-8-7-9-19(24)25-4/h10-11,14H,5-9,12-13,15H2,1-4H3,(H2,21,22,23). The largest absolute Gasteiger partial charge is 0.493 e. The summed E-state index contributed by atoms with van der Waals surface area (Å²) < 4.78 is 10.5. The number of aliphatic imine (C=N–C) groups is 1. The maximum Gasteiger partial charge on any atom is 0.305 e. The number of ether oxygens (including phenoxy) is 2. The summed E-state index contributed by atoms with van der Waals surface area (Å²) in [6.07, 6.45) is 3.11. The van der Waals surface area contributed by atoms with Gasteiger partial charge >= 0.3 is 5.97 Å². The number of nitrogens with zero attached hydrogens (tertiary/aromatic N) is 1. The number of esters is 1. The van der Waals surface area contributed by atoms with Crippen LogP contribution in [0.25, 0.3) is 0 Å². The maximum atomic E-state index is 11.1. The zero-order chi connectivity index (χ0) is 19.2. The van der Waals surface area contributed by atoms with Crippen LogP contribution < -0.4 is 15.4 Å². The smallest absolute Gasteiger partial charge is 0.305 e. The minimum atomic E-state index is -0.162. The third-order valence-electron chi connectivity index (χ3n) is 3.76. The lowest BCUT2D eigenvalue weighted by atomic mass is 10.1. The van der Waals surface area contributed by atoms with Crippen molar-refractivity contribution in [2.24, 2.45) is 4.99 Å². The van der Waals surface area contributed by atoms with Gasteiger partial charge in [-0.3, -0.25) is 4.79 Å². The lowest BCUT2D eigenvalue weighted by molar-refractivity contribution is -0.140. The van der Waals surface area contributed by atoms with E-state index in [1.54, 1.807) is 0 Å². The topological polar surface area (TPSA) is 72.0 Å². The van der Waals surface area contributed by atoms with Crippen molar-refractivity contribution in [3.8, 4) is 5.75 Å². The number of rotatable bonds is 11. The number of hydrogen-bond donors (Lipinski definition) is 2. The lowest BCUT2D eigenvalue weighted by Crippen LogP contribution is -2.37. The zero-order valence-electron chi connectivity index (χ0n) is 16.6. The fourth-order valence-electron chi connectivity index (χ4n) is 2.35. The predicted molar refractivity (Wildman–Crippen MR) is 106 cm³/mol. The monoisotopic (exact) mass is 363 g/mol. The van der Waals surface area contributed by atoms with E-state index >= 15 is 0 Å². The summed E-state index contributed by atoms with van der Waals surface area (Å²) in [6, 6.07) is 6.22. The molecular formula is C20H33N3O3. The van der Waals surface area contributed by atoms with Crippen LogP contribution in [0, 0.1) is 6.92 Å². The Balaban J connectivity index is 2.58. The van der Waals surface area contributed by atoms with E-state index in [4.69, 9.17) is 4.74 Å². The zero-order valence-corrected chi connectivity index (χ0v) is 16.6. The van der Waals surface area contributed by atoms with Gasteiger partial charge in [-0.05, 0) is 44.7 Å². The molecule has 0 aromatic heterocycles. The first-order valence-electron chi connectivity index (χ1n) is 9.42. The minimum absolute atomic E-state index is 0.162. The molecule has 0 saturated carbocycles. The van der Waals surface area contributed by atoms with Crippen molar-refractivity contribution in [2.75, 3.05) is 26.8 Å². The summed E-state index contributed by atoms with van der Waals surface area (Å²) in [5.74, 6) is 1.52. The van der Waals surface area contributed by atoms with Gasteiger partial charge in [-0.25, -0.2) is 4.99 Å². The Hall–Kier alpha value is -2.24. The van der Waals surface area contributed by atoms with E-state index in [1.165, 1.54) is 12.7 Å². The minimum Gasteiger partial charge on any atom is -0.493 e. The van der Waals surface area contributed by atoms with Gasteiger partial charge in [-0.15, -0.1) is 0 Å². The number of carbonyl (C=O) groups excluding carboxylic acids is 1. The highest BCUT2D eigenvalue weighted by Crippen LogP contribution is 2.21. The number of carbonyl (C=O) groups is 1. The molecule has 0 aliphatic heterocycles. The first-order valence-corrected chi connectivity index (χ1v) is 9.42. The molecule has 0 amide bonds. The van der Waals surface area contributed by atoms with Crippen LogP contribution >= 0.6 is 0 Å². The number of unbranched alkanes of at least 4 members (excludes halogenated alkanes) is 1. The van der Waals surface area contributed by atoms with Crippen molar-refractivity contribution in [1.29, 1.82) is 0 Å². The summed E-state index contributed by atoms with van der Waals surface area (Å²) in [7, 11) is 1.42. The highest BCUT2D eigenvalue weighted by atomic mass is 16.5. The molecule has 1 rings (SSSR count). The van der Waals surface area contributed by atoms with Gasteiger partial charge in [0, 0.05) is 25.1 Å². The molecule has 6 nitrogen and oxygen atoms in total. The molecule has 0 saturated heterocycles. The SMILES string of the molecule is CCCOc1cc(C)ccc1CN=C(NCC)NCCCCC(=O)OC. The second-order valence-corrected chi connectivity index (χ2v) is 6.11. The number of benzene rings is 1. The van der Waals surface area contributed by atoms with Crippen molar-refractivity contribution in [3.05, 3.63) is 29.3 Å². The maximum absolute atomic E-state index is 11.1. The molecule has 0 atom stereocenters.